The predicted octanol–water partition coefficient (Wildman–Crippen LogP) is 3.76. The van der Waals surface area contributed by atoms with E-state index < -0.39 is 40.4 Å². The predicted molar refractivity (Wildman–Crippen MR) is 129 cm³/mol. The first-order valence-corrected chi connectivity index (χ1v) is 14.4. The van der Waals surface area contributed by atoms with Gasteiger partial charge in [-0.15, -0.1) is 0 Å². The van der Waals surface area contributed by atoms with Crippen LogP contribution >= 0.6 is 23.5 Å². The van der Waals surface area contributed by atoms with Gasteiger partial charge in [0.1, 0.15) is 0 Å². The zero-order valence-electron chi connectivity index (χ0n) is 18.8. The zero-order chi connectivity index (χ0) is 27.1. The number of hydrogen-bond acceptors (Lipinski definition) is 6. The lowest BCUT2D eigenvalue weighted by atomic mass is 10.1. The number of ether oxygens (including phenoxy) is 1. The second-order valence-corrected chi connectivity index (χ2v) is 12.2. The molecule has 0 unspecified atom stereocenters. The third kappa shape index (κ3) is 5.52. The summed E-state index contributed by atoms with van der Waals surface area (Å²) in [6.45, 7) is 1.32. The Morgan fingerprint density at radius 2 is 1.78 bits per heavy atom. The number of alkyl halides is 2. The number of halogens is 3. The number of sulfone groups is 1. The number of benzene rings is 2. The summed E-state index contributed by atoms with van der Waals surface area (Å²) in [7, 11) is -9.29. The van der Waals surface area contributed by atoms with E-state index in [1.807, 2.05) is 0 Å². The van der Waals surface area contributed by atoms with Gasteiger partial charge in [-0.25, -0.2) is 22.6 Å². The molecule has 1 aromatic heterocycles. The van der Waals surface area contributed by atoms with Crippen LogP contribution in [0.3, 0.4) is 0 Å². The minimum atomic E-state index is -5.80. The molecular formula is C21H20BrF2N2O8PS. The molecule has 36 heavy (non-hydrogen) atoms. The summed E-state index contributed by atoms with van der Waals surface area (Å²) in [5, 5.41) is 0. The second kappa shape index (κ2) is 10.0. The van der Waals surface area contributed by atoms with Crippen molar-refractivity contribution in [2.45, 2.75) is 24.0 Å². The summed E-state index contributed by atoms with van der Waals surface area (Å²) in [6.07, 6.45) is 1.29. The lowest BCUT2D eigenvalue weighted by Gasteiger charge is -2.19. The van der Waals surface area contributed by atoms with Crippen LogP contribution in [0, 0.1) is 0 Å². The van der Waals surface area contributed by atoms with Gasteiger partial charge in [-0.2, -0.15) is 8.78 Å². The highest BCUT2D eigenvalue weighted by Crippen LogP contribution is 2.60. The standard InChI is InChI=1S/C21H20BrF2N2O8PS/c1-3-34-20(28)26-12-18(14-5-7-15(8-6-14)36(2,32)33)25(19(26)27)11-13-4-9-16(17(22)10-13)21(23,24)35(29,30)31/h4-10,12H,3,11H2,1-2H3,(H2,29,30,31). The molecule has 194 valence electrons. The van der Waals surface area contributed by atoms with Crippen molar-refractivity contribution in [2.75, 3.05) is 12.9 Å². The van der Waals surface area contributed by atoms with E-state index >= 15 is 0 Å². The van der Waals surface area contributed by atoms with Crippen LogP contribution in [0.5, 0.6) is 0 Å². The molecule has 2 N–H and O–H groups in total. The van der Waals surface area contributed by atoms with E-state index in [1.165, 1.54) is 36.5 Å². The average Bonchev–Trinajstić information content (AvgIpc) is 3.08. The number of rotatable bonds is 7. The minimum absolute atomic E-state index is 0.00294. The maximum atomic E-state index is 14.2. The van der Waals surface area contributed by atoms with Crippen molar-refractivity contribution >= 4 is 39.5 Å². The van der Waals surface area contributed by atoms with E-state index in [1.54, 1.807) is 6.92 Å². The van der Waals surface area contributed by atoms with Gasteiger partial charge < -0.3 is 14.5 Å². The van der Waals surface area contributed by atoms with Crippen molar-refractivity contribution in [1.82, 2.24) is 9.13 Å². The lowest BCUT2D eigenvalue weighted by molar-refractivity contribution is 0.0557. The molecule has 0 fully saturated rings. The first-order chi connectivity index (χ1) is 16.6. The second-order valence-electron chi connectivity index (χ2n) is 7.65. The van der Waals surface area contributed by atoms with Crippen molar-refractivity contribution in [3.63, 3.8) is 0 Å². The van der Waals surface area contributed by atoms with Crippen molar-refractivity contribution in [3.05, 3.63) is 74.7 Å². The van der Waals surface area contributed by atoms with E-state index in [9.17, 15) is 31.4 Å². The molecule has 10 nitrogen and oxygen atoms in total. The Hall–Kier alpha value is -2.64. The Balaban J connectivity index is 2.11. The summed E-state index contributed by atoms with van der Waals surface area (Å²) < 4.78 is 69.6. The van der Waals surface area contributed by atoms with E-state index in [-0.39, 0.29) is 33.8 Å². The van der Waals surface area contributed by atoms with Crippen LogP contribution in [0.4, 0.5) is 13.6 Å². The Bertz CT molecular complexity index is 1530. The number of carbonyl (C=O) groups is 1. The quantitative estimate of drug-likeness (QED) is 0.386. The van der Waals surface area contributed by atoms with Crippen LogP contribution in [0.2, 0.25) is 0 Å². The summed E-state index contributed by atoms with van der Waals surface area (Å²) in [4.78, 5) is 43.4. The third-order valence-corrected chi connectivity index (χ3v) is 7.84. The highest BCUT2D eigenvalue weighted by molar-refractivity contribution is 9.10. The van der Waals surface area contributed by atoms with Crippen molar-refractivity contribution in [2.24, 2.45) is 0 Å². The fourth-order valence-corrected chi connectivity index (χ4v) is 5.27. The van der Waals surface area contributed by atoms with Gasteiger partial charge in [0, 0.05) is 22.5 Å². The highest BCUT2D eigenvalue weighted by Gasteiger charge is 2.51. The number of nitrogens with zero attached hydrogens (tertiary/aromatic N) is 2. The maximum Gasteiger partial charge on any atom is 0.422 e. The van der Waals surface area contributed by atoms with Crippen LogP contribution < -0.4 is 5.69 Å². The Morgan fingerprint density at radius 3 is 2.28 bits per heavy atom. The molecule has 0 radical (unpaired) electrons. The zero-order valence-corrected chi connectivity index (χ0v) is 22.1. The van der Waals surface area contributed by atoms with Crippen molar-refractivity contribution in [3.8, 4) is 11.3 Å². The first kappa shape index (κ1) is 27.9. The average molecular weight is 609 g/mol. The SMILES string of the molecule is CCOC(=O)n1cc(-c2ccc(S(C)(=O)=O)cc2)n(Cc2ccc(C(F)(F)P(=O)(O)O)c(Br)c2)c1=O. The molecular weight excluding hydrogens is 589 g/mol. The molecule has 0 aliphatic heterocycles. The van der Waals surface area contributed by atoms with E-state index in [0.29, 0.717) is 10.1 Å². The van der Waals surface area contributed by atoms with Gasteiger partial charge >= 0.3 is 25.0 Å². The molecule has 1 heterocycles. The maximum absolute atomic E-state index is 14.2. The molecule has 2 aromatic carbocycles. The van der Waals surface area contributed by atoms with E-state index in [0.717, 1.165) is 23.0 Å². The van der Waals surface area contributed by atoms with E-state index in [4.69, 9.17) is 14.5 Å². The Kier molecular flexibility index (Phi) is 7.78. The molecule has 0 saturated heterocycles. The van der Waals surface area contributed by atoms with Gasteiger partial charge in [0.05, 0.1) is 23.7 Å². The molecule has 0 saturated carbocycles. The Morgan fingerprint density at radius 1 is 1.17 bits per heavy atom. The minimum Gasteiger partial charge on any atom is -0.449 e. The smallest absolute Gasteiger partial charge is 0.422 e. The fraction of sp³-hybridized carbons (Fsp3) is 0.238. The lowest BCUT2D eigenvalue weighted by Crippen LogP contribution is -2.30. The van der Waals surface area contributed by atoms with Crippen LogP contribution in [0.1, 0.15) is 18.1 Å². The highest BCUT2D eigenvalue weighted by atomic mass is 79.9. The number of aromatic nitrogens is 2. The van der Waals surface area contributed by atoms with Gasteiger partial charge in [0.2, 0.25) is 0 Å². The summed E-state index contributed by atoms with van der Waals surface area (Å²) >= 11 is 2.90. The van der Waals surface area contributed by atoms with Crippen molar-refractivity contribution < 1.29 is 41.1 Å². The largest absolute Gasteiger partial charge is 0.449 e. The molecule has 3 rings (SSSR count). The van der Waals surface area contributed by atoms with Gasteiger partial charge in [-0.1, -0.05) is 40.2 Å². The van der Waals surface area contributed by atoms with Gasteiger partial charge in [-0.05, 0) is 36.2 Å². The molecule has 0 bridgehead atoms. The third-order valence-electron chi connectivity index (χ3n) is 5.09. The number of carbonyl (C=O) groups excluding carboxylic acids is 1. The van der Waals surface area contributed by atoms with Crippen LogP contribution in [-0.2, 0) is 31.3 Å². The molecule has 0 amide bonds. The van der Waals surface area contributed by atoms with Crippen LogP contribution in [0.15, 0.2) is 62.8 Å². The van der Waals surface area contributed by atoms with E-state index in [2.05, 4.69) is 15.9 Å². The molecule has 0 aliphatic rings. The monoisotopic (exact) mass is 608 g/mol. The summed E-state index contributed by atoms with van der Waals surface area (Å²) in [6, 6.07) is 8.70. The molecule has 0 atom stereocenters. The molecule has 15 heteroatoms. The summed E-state index contributed by atoms with van der Waals surface area (Å²) in [5.74, 6) is 0. The topological polar surface area (TPSA) is 145 Å². The van der Waals surface area contributed by atoms with Gasteiger partial charge in [0.15, 0.2) is 9.84 Å². The molecule has 0 spiro atoms. The summed E-state index contributed by atoms with van der Waals surface area (Å²) in [5.41, 5.74) is -5.32. The Labute approximate surface area is 212 Å². The number of hydrogen-bond donors (Lipinski definition) is 2. The van der Waals surface area contributed by atoms with Gasteiger partial charge in [0.25, 0.3) is 0 Å². The normalized spacial score (nSPS) is 12.5. The molecule has 3 aromatic rings. The first-order valence-electron chi connectivity index (χ1n) is 10.1. The van der Waals surface area contributed by atoms with Crippen LogP contribution in [0.25, 0.3) is 11.3 Å². The van der Waals surface area contributed by atoms with Crippen molar-refractivity contribution in [1.29, 1.82) is 0 Å². The van der Waals surface area contributed by atoms with Crippen LogP contribution in [-0.4, -0.2) is 46.3 Å². The fourth-order valence-electron chi connectivity index (χ4n) is 3.30. The number of imidazole rings is 1. The molecule has 0 aliphatic carbocycles. The van der Waals surface area contributed by atoms with Gasteiger partial charge in [-0.3, -0.25) is 9.13 Å².